The monoisotopic (exact) mass is 483 g/mol. The first-order valence-electron chi connectivity index (χ1n) is 11.5. The molecule has 0 saturated carbocycles. The van der Waals surface area contributed by atoms with Gasteiger partial charge in [-0.3, -0.25) is 14.5 Å². The molecular weight excluding hydrogens is 454 g/mol. The lowest BCUT2D eigenvalue weighted by Gasteiger charge is -2.30. The maximum Gasteiger partial charge on any atom is 0.265 e. The molecule has 0 spiro atoms. The van der Waals surface area contributed by atoms with Gasteiger partial charge in [-0.25, -0.2) is 0 Å². The van der Waals surface area contributed by atoms with E-state index in [1.165, 1.54) is 24.6 Å². The van der Waals surface area contributed by atoms with Gasteiger partial charge in [-0.05, 0) is 80.7 Å². The Kier molecular flexibility index (Phi) is 8.12. The van der Waals surface area contributed by atoms with Gasteiger partial charge in [0.25, 0.3) is 5.91 Å². The Morgan fingerprint density at radius 3 is 2.76 bits per heavy atom. The molecule has 33 heavy (non-hydrogen) atoms. The molecule has 0 radical (unpaired) electrons. The van der Waals surface area contributed by atoms with E-state index in [4.69, 9.17) is 11.6 Å². The van der Waals surface area contributed by atoms with Crippen molar-refractivity contribution in [1.82, 2.24) is 10.2 Å². The number of hydrogen-bond donors (Lipinski definition) is 1. The molecule has 2 aliphatic rings. The zero-order chi connectivity index (χ0) is 23.2. The number of benzene rings is 2. The molecule has 0 atom stereocenters. The lowest BCUT2D eigenvalue weighted by Crippen LogP contribution is -2.43. The minimum atomic E-state index is -0.170. The largest absolute Gasteiger partial charge is 0.355 e. The number of para-hydroxylation sites is 1. The highest BCUT2D eigenvalue weighted by molar-refractivity contribution is 8.04. The third kappa shape index (κ3) is 6.40. The van der Waals surface area contributed by atoms with Gasteiger partial charge in [0.05, 0.1) is 10.6 Å². The van der Waals surface area contributed by atoms with Crippen molar-refractivity contribution in [2.75, 3.05) is 37.6 Å². The molecule has 2 aromatic carbocycles. The van der Waals surface area contributed by atoms with E-state index in [0.29, 0.717) is 16.5 Å². The highest BCUT2D eigenvalue weighted by Gasteiger charge is 2.30. The summed E-state index contributed by atoms with van der Waals surface area (Å²) in [6.45, 7) is 6.23. The second kappa shape index (κ2) is 11.2. The van der Waals surface area contributed by atoms with E-state index in [2.05, 4.69) is 17.1 Å². The van der Waals surface area contributed by atoms with Crippen molar-refractivity contribution in [2.24, 2.45) is 5.92 Å². The smallest absolute Gasteiger partial charge is 0.265 e. The molecule has 0 aliphatic carbocycles. The predicted molar refractivity (Wildman–Crippen MR) is 137 cm³/mol. The van der Waals surface area contributed by atoms with Crippen LogP contribution in [0.25, 0.3) is 6.08 Å². The number of anilines is 1. The Morgan fingerprint density at radius 1 is 1.18 bits per heavy atom. The van der Waals surface area contributed by atoms with Crippen LogP contribution in [0.1, 0.15) is 31.7 Å². The van der Waals surface area contributed by atoms with Gasteiger partial charge in [-0.2, -0.15) is 0 Å². The Labute approximate surface area is 205 Å². The fourth-order valence-electron chi connectivity index (χ4n) is 4.18. The summed E-state index contributed by atoms with van der Waals surface area (Å²) in [5.41, 5.74) is 1.63. The maximum absolute atomic E-state index is 13.3. The fourth-order valence-corrected chi connectivity index (χ4v) is 5.44. The quantitative estimate of drug-likeness (QED) is 0.442. The molecule has 1 saturated heterocycles. The molecule has 0 aromatic heterocycles. The molecular formula is C26H30ClN3O2S. The van der Waals surface area contributed by atoms with E-state index >= 15 is 0 Å². The second-order valence-corrected chi connectivity index (χ2v) is 10.3. The number of likely N-dealkylation sites (tertiary alicyclic amines) is 1. The number of amides is 2. The molecule has 0 unspecified atom stereocenters. The topological polar surface area (TPSA) is 52.7 Å². The normalized spacial score (nSPS) is 18.4. The number of piperidine rings is 1. The number of halogens is 1. The van der Waals surface area contributed by atoms with Crippen molar-refractivity contribution in [1.29, 1.82) is 0 Å². The summed E-state index contributed by atoms with van der Waals surface area (Å²) < 4.78 is 0. The lowest BCUT2D eigenvalue weighted by molar-refractivity contribution is -0.122. The number of hydrogen-bond acceptors (Lipinski definition) is 4. The van der Waals surface area contributed by atoms with Crippen LogP contribution in [-0.2, 0) is 9.59 Å². The zero-order valence-corrected chi connectivity index (χ0v) is 20.5. The van der Waals surface area contributed by atoms with E-state index in [0.717, 1.165) is 48.1 Å². The SMILES string of the molecule is CC1CCN(CCCNC(=O)CN2C(=O)/C(=C\c3cccc(Cl)c3)Sc3ccccc32)CC1. The van der Waals surface area contributed by atoms with E-state index < -0.39 is 0 Å². The van der Waals surface area contributed by atoms with Crippen LogP contribution in [0, 0.1) is 5.92 Å². The summed E-state index contributed by atoms with van der Waals surface area (Å²) in [5.74, 6) is 0.512. The van der Waals surface area contributed by atoms with Gasteiger partial charge >= 0.3 is 0 Å². The zero-order valence-electron chi connectivity index (χ0n) is 18.9. The maximum atomic E-state index is 13.3. The van der Waals surface area contributed by atoms with Gasteiger partial charge in [0.2, 0.25) is 5.91 Å². The Hall–Kier alpha value is -2.28. The summed E-state index contributed by atoms with van der Waals surface area (Å²) in [6.07, 6.45) is 5.26. The minimum Gasteiger partial charge on any atom is -0.355 e. The van der Waals surface area contributed by atoms with Gasteiger partial charge < -0.3 is 10.2 Å². The summed E-state index contributed by atoms with van der Waals surface area (Å²) in [5, 5.41) is 3.62. The molecule has 4 rings (SSSR count). The molecule has 7 heteroatoms. The highest BCUT2D eigenvalue weighted by atomic mass is 35.5. The van der Waals surface area contributed by atoms with Crippen LogP contribution < -0.4 is 10.2 Å². The van der Waals surface area contributed by atoms with E-state index in [1.54, 1.807) is 11.0 Å². The number of carbonyl (C=O) groups excluding carboxylic acids is 2. The molecule has 2 amide bonds. The van der Waals surface area contributed by atoms with Crippen molar-refractivity contribution in [3.63, 3.8) is 0 Å². The molecule has 174 valence electrons. The summed E-state index contributed by atoms with van der Waals surface area (Å²) in [6, 6.07) is 15.1. The van der Waals surface area contributed by atoms with Crippen molar-refractivity contribution in [3.8, 4) is 0 Å². The molecule has 2 aromatic rings. The molecule has 1 fully saturated rings. The van der Waals surface area contributed by atoms with Crippen LogP contribution in [0.3, 0.4) is 0 Å². The Balaban J connectivity index is 1.38. The lowest BCUT2D eigenvalue weighted by atomic mass is 9.99. The number of carbonyl (C=O) groups is 2. The van der Waals surface area contributed by atoms with Crippen LogP contribution >= 0.6 is 23.4 Å². The number of nitrogens with zero attached hydrogens (tertiary/aromatic N) is 2. The first-order valence-corrected chi connectivity index (χ1v) is 12.7. The van der Waals surface area contributed by atoms with Gasteiger partial charge in [0, 0.05) is 16.5 Å². The molecule has 0 bridgehead atoms. The van der Waals surface area contributed by atoms with Crippen molar-refractivity contribution in [2.45, 2.75) is 31.1 Å². The van der Waals surface area contributed by atoms with E-state index in [1.807, 2.05) is 48.5 Å². The van der Waals surface area contributed by atoms with Gasteiger partial charge in [-0.15, -0.1) is 0 Å². The molecule has 1 N–H and O–H groups in total. The molecule has 2 aliphatic heterocycles. The third-order valence-electron chi connectivity index (χ3n) is 6.13. The number of fused-ring (bicyclic) bond motifs is 1. The summed E-state index contributed by atoms with van der Waals surface area (Å²) in [4.78, 5) is 31.6. The Morgan fingerprint density at radius 2 is 1.97 bits per heavy atom. The predicted octanol–water partition coefficient (Wildman–Crippen LogP) is 5.06. The van der Waals surface area contributed by atoms with E-state index in [9.17, 15) is 9.59 Å². The summed E-state index contributed by atoms with van der Waals surface area (Å²) >= 11 is 7.53. The van der Waals surface area contributed by atoms with Crippen LogP contribution in [0.15, 0.2) is 58.3 Å². The van der Waals surface area contributed by atoms with Gasteiger partial charge in [0.15, 0.2) is 0 Å². The van der Waals surface area contributed by atoms with Crippen LogP contribution in [0.2, 0.25) is 5.02 Å². The van der Waals surface area contributed by atoms with Crippen LogP contribution in [-0.4, -0.2) is 49.4 Å². The van der Waals surface area contributed by atoms with Crippen molar-refractivity contribution < 1.29 is 9.59 Å². The molecule has 2 heterocycles. The van der Waals surface area contributed by atoms with Gasteiger partial charge in [-0.1, -0.05) is 54.6 Å². The standard InChI is InChI=1S/C26H30ClN3O2S/c1-19-10-14-29(15-11-19)13-5-12-28-25(31)18-30-22-8-2-3-9-23(22)33-24(26(30)32)17-20-6-4-7-21(27)16-20/h2-4,6-9,16-17,19H,5,10-15,18H2,1H3,(H,28,31)/b24-17+. The average molecular weight is 484 g/mol. The van der Waals surface area contributed by atoms with Crippen molar-refractivity contribution in [3.05, 3.63) is 64.0 Å². The fraction of sp³-hybridized carbons (Fsp3) is 0.385. The summed E-state index contributed by atoms with van der Waals surface area (Å²) in [7, 11) is 0. The first-order chi connectivity index (χ1) is 16.0. The highest BCUT2D eigenvalue weighted by Crippen LogP contribution is 2.42. The second-order valence-electron chi connectivity index (χ2n) is 8.75. The number of nitrogens with one attached hydrogen (secondary N) is 1. The minimum absolute atomic E-state index is 0.00449. The Bertz CT molecular complexity index is 1030. The first kappa shape index (κ1) is 23.9. The van der Waals surface area contributed by atoms with Crippen LogP contribution in [0.4, 0.5) is 5.69 Å². The number of thioether (sulfide) groups is 1. The van der Waals surface area contributed by atoms with Gasteiger partial charge in [0.1, 0.15) is 6.54 Å². The van der Waals surface area contributed by atoms with Crippen LogP contribution in [0.5, 0.6) is 0 Å². The molecule has 5 nitrogen and oxygen atoms in total. The average Bonchev–Trinajstić information content (AvgIpc) is 2.81. The number of rotatable bonds is 7. The van der Waals surface area contributed by atoms with E-state index in [-0.39, 0.29) is 18.4 Å². The van der Waals surface area contributed by atoms with Crippen molar-refractivity contribution >= 4 is 46.9 Å². The third-order valence-corrected chi connectivity index (χ3v) is 7.44.